The molecule has 0 saturated carbocycles. The lowest BCUT2D eigenvalue weighted by Crippen LogP contribution is -2.49. The predicted octanol–water partition coefficient (Wildman–Crippen LogP) is 2.03. The van der Waals surface area contributed by atoms with Crippen LogP contribution < -0.4 is 15.5 Å². The minimum atomic E-state index is -4.30. The van der Waals surface area contributed by atoms with Crippen molar-refractivity contribution in [3.63, 3.8) is 0 Å². The maximum Gasteiger partial charge on any atom is 0.416 e. The van der Waals surface area contributed by atoms with Gasteiger partial charge in [0.2, 0.25) is 5.95 Å². The van der Waals surface area contributed by atoms with Crippen molar-refractivity contribution in [1.29, 1.82) is 0 Å². The molecule has 1 aromatic carbocycles. The third kappa shape index (κ3) is 7.09. The van der Waals surface area contributed by atoms with Gasteiger partial charge in [0.15, 0.2) is 5.96 Å². The van der Waals surface area contributed by atoms with Crippen LogP contribution in [0.1, 0.15) is 11.1 Å². The number of rotatable bonds is 7. The number of benzene rings is 1. The van der Waals surface area contributed by atoms with Crippen LogP contribution in [0.5, 0.6) is 0 Å². The number of nitrogens with one attached hydrogen (secondary N) is 2. The van der Waals surface area contributed by atoms with Crippen molar-refractivity contribution >= 4 is 11.9 Å². The molecule has 0 atom stereocenters. The van der Waals surface area contributed by atoms with Crippen LogP contribution in [-0.4, -0.2) is 73.7 Å². The van der Waals surface area contributed by atoms with E-state index in [0.717, 1.165) is 62.9 Å². The zero-order valence-corrected chi connectivity index (χ0v) is 17.6. The Hall–Kier alpha value is -2.88. The molecule has 10 heteroatoms. The predicted molar refractivity (Wildman–Crippen MR) is 115 cm³/mol. The Kier molecular flexibility index (Phi) is 8.05. The quantitative estimate of drug-likeness (QED) is 0.513. The van der Waals surface area contributed by atoms with Gasteiger partial charge in [-0.3, -0.25) is 9.89 Å². The van der Waals surface area contributed by atoms with Gasteiger partial charge in [-0.25, -0.2) is 9.97 Å². The number of piperazine rings is 1. The fourth-order valence-electron chi connectivity index (χ4n) is 3.36. The van der Waals surface area contributed by atoms with Crippen LogP contribution in [0.4, 0.5) is 19.1 Å². The highest BCUT2D eigenvalue weighted by molar-refractivity contribution is 5.79. The normalized spacial score (nSPS) is 15.7. The lowest BCUT2D eigenvalue weighted by molar-refractivity contribution is -0.137. The maximum absolute atomic E-state index is 12.6. The highest BCUT2D eigenvalue weighted by Crippen LogP contribution is 2.29. The second-order valence-electron chi connectivity index (χ2n) is 7.25. The van der Waals surface area contributed by atoms with E-state index >= 15 is 0 Å². The van der Waals surface area contributed by atoms with Gasteiger partial charge in [0.1, 0.15) is 0 Å². The van der Waals surface area contributed by atoms with E-state index in [9.17, 15) is 13.2 Å². The first-order valence-electron chi connectivity index (χ1n) is 10.3. The van der Waals surface area contributed by atoms with E-state index in [1.54, 1.807) is 19.4 Å². The molecule has 0 bridgehead atoms. The number of halogens is 3. The molecule has 2 N–H and O–H groups in total. The second kappa shape index (κ2) is 10.9. The molecular weight excluding hydrogens is 407 g/mol. The number of hydrogen-bond donors (Lipinski definition) is 2. The topological polar surface area (TPSA) is 68.7 Å². The molecule has 0 amide bonds. The van der Waals surface area contributed by atoms with Crippen molar-refractivity contribution in [2.24, 2.45) is 4.99 Å². The Bertz CT molecular complexity index is 817. The van der Waals surface area contributed by atoms with Gasteiger partial charge in [-0.15, -0.1) is 0 Å². The Morgan fingerprint density at radius 2 is 1.65 bits per heavy atom. The molecule has 31 heavy (non-hydrogen) atoms. The summed E-state index contributed by atoms with van der Waals surface area (Å²) in [5.74, 6) is 1.46. The summed E-state index contributed by atoms with van der Waals surface area (Å²) in [7, 11) is 1.70. The third-order valence-electron chi connectivity index (χ3n) is 5.14. The summed E-state index contributed by atoms with van der Waals surface area (Å²) in [5, 5.41) is 6.49. The largest absolute Gasteiger partial charge is 0.416 e. The lowest BCUT2D eigenvalue weighted by Gasteiger charge is -2.34. The first kappa shape index (κ1) is 22.8. The van der Waals surface area contributed by atoms with Gasteiger partial charge in [-0.1, -0.05) is 12.1 Å². The fourth-order valence-corrected chi connectivity index (χ4v) is 3.36. The monoisotopic (exact) mass is 435 g/mol. The summed E-state index contributed by atoms with van der Waals surface area (Å²) < 4.78 is 37.9. The maximum atomic E-state index is 12.6. The van der Waals surface area contributed by atoms with Crippen LogP contribution in [0.2, 0.25) is 0 Å². The molecule has 0 unspecified atom stereocenters. The highest BCUT2D eigenvalue weighted by atomic mass is 19.4. The average Bonchev–Trinajstić information content (AvgIpc) is 2.79. The first-order valence-corrected chi connectivity index (χ1v) is 10.3. The van der Waals surface area contributed by atoms with Gasteiger partial charge in [0, 0.05) is 65.3 Å². The summed E-state index contributed by atoms with van der Waals surface area (Å²) in [6.45, 7) is 5.90. The van der Waals surface area contributed by atoms with E-state index in [4.69, 9.17) is 0 Å². The summed E-state index contributed by atoms with van der Waals surface area (Å²) in [5.41, 5.74) is 0.218. The number of nitrogens with zero attached hydrogens (tertiary/aromatic N) is 5. The number of aromatic nitrogens is 2. The van der Waals surface area contributed by atoms with Crippen molar-refractivity contribution in [3.8, 4) is 0 Å². The van der Waals surface area contributed by atoms with E-state index in [1.165, 1.54) is 12.1 Å². The van der Waals surface area contributed by atoms with Crippen molar-refractivity contribution in [2.75, 3.05) is 57.8 Å². The molecule has 1 aromatic heterocycles. The minimum Gasteiger partial charge on any atom is -0.356 e. The molecule has 1 aliphatic heterocycles. The van der Waals surface area contributed by atoms with Crippen LogP contribution in [0, 0.1) is 0 Å². The molecule has 1 fully saturated rings. The number of alkyl halides is 3. The fraction of sp³-hybridized carbons (Fsp3) is 0.476. The van der Waals surface area contributed by atoms with E-state index in [2.05, 4.69) is 35.4 Å². The van der Waals surface area contributed by atoms with Gasteiger partial charge in [0.25, 0.3) is 0 Å². The zero-order chi connectivity index (χ0) is 22.1. The van der Waals surface area contributed by atoms with Crippen LogP contribution in [-0.2, 0) is 12.6 Å². The third-order valence-corrected chi connectivity index (χ3v) is 5.14. The molecule has 3 rings (SSSR count). The van der Waals surface area contributed by atoms with E-state index in [-0.39, 0.29) is 0 Å². The Morgan fingerprint density at radius 3 is 2.26 bits per heavy atom. The van der Waals surface area contributed by atoms with Crippen LogP contribution in [0.15, 0.2) is 47.7 Å². The molecule has 7 nitrogen and oxygen atoms in total. The number of guanidine groups is 1. The van der Waals surface area contributed by atoms with Gasteiger partial charge in [0.05, 0.1) is 5.56 Å². The van der Waals surface area contributed by atoms with E-state index in [1.807, 2.05) is 6.07 Å². The molecule has 2 aromatic rings. The Labute approximate surface area is 180 Å². The molecule has 2 heterocycles. The molecular formula is C21H28F3N7. The average molecular weight is 435 g/mol. The van der Waals surface area contributed by atoms with Crippen molar-refractivity contribution < 1.29 is 13.2 Å². The summed E-state index contributed by atoms with van der Waals surface area (Å²) in [4.78, 5) is 17.4. The lowest BCUT2D eigenvalue weighted by atomic mass is 10.1. The molecule has 1 saturated heterocycles. The van der Waals surface area contributed by atoms with Gasteiger partial charge < -0.3 is 15.5 Å². The van der Waals surface area contributed by atoms with Gasteiger partial charge >= 0.3 is 6.18 Å². The highest BCUT2D eigenvalue weighted by Gasteiger charge is 2.29. The Balaban J connectivity index is 1.32. The van der Waals surface area contributed by atoms with Crippen LogP contribution >= 0.6 is 0 Å². The molecule has 0 spiro atoms. The molecule has 0 aliphatic carbocycles. The van der Waals surface area contributed by atoms with Gasteiger partial charge in [-0.05, 0) is 30.2 Å². The van der Waals surface area contributed by atoms with Crippen molar-refractivity contribution in [3.05, 3.63) is 53.9 Å². The van der Waals surface area contributed by atoms with E-state index in [0.29, 0.717) is 18.9 Å². The summed E-state index contributed by atoms with van der Waals surface area (Å²) in [6, 6.07) is 7.08. The van der Waals surface area contributed by atoms with Crippen LogP contribution in [0.3, 0.4) is 0 Å². The smallest absolute Gasteiger partial charge is 0.356 e. The standard InChI is InChI=1S/C21H28F3N7/c1-25-19(26-10-7-17-3-5-18(6-4-17)21(22,23)24)27-11-12-30-13-15-31(16-14-30)20-28-8-2-9-29-20/h2-6,8-9H,7,10-16H2,1H3,(H2,25,26,27). The Morgan fingerprint density at radius 1 is 1.00 bits per heavy atom. The van der Waals surface area contributed by atoms with Crippen LogP contribution in [0.25, 0.3) is 0 Å². The zero-order valence-electron chi connectivity index (χ0n) is 17.6. The number of anilines is 1. The van der Waals surface area contributed by atoms with Crippen molar-refractivity contribution in [1.82, 2.24) is 25.5 Å². The SMILES string of the molecule is CN=C(NCCc1ccc(C(F)(F)F)cc1)NCCN1CCN(c2ncccn2)CC1. The summed E-state index contributed by atoms with van der Waals surface area (Å²) in [6.07, 6.45) is -0.170. The number of aliphatic imine (C=N–C) groups is 1. The second-order valence-corrected chi connectivity index (χ2v) is 7.25. The van der Waals surface area contributed by atoms with E-state index < -0.39 is 11.7 Å². The van der Waals surface area contributed by atoms with Gasteiger partial charge in [-0.2, -0.15) is 13.2 Å². The minimum absolute atomic E-state index is 0.584. The number of hydrogen-bond acceptors (Lipinski definition) is 5. The first-order chi connectivity index (χ1) is 15.0. The molecule has 1 aliphatic rings. The summed E-state index contributed by atoms with van der Waals surface area (Å²) >= 11 is 0. The molecule has 0 radical (unpaired) electrons. The van der Waals surface area contributed by atoms with Crippen molar-refractivity contribution in [2.45, 2.75) is 12.6 Å². The molecule has 168 valence electrons.